The van der Waals surface area contributed by atoms with E-state index in [0.29, 0.717) is 12.3 Å². The Balaban J connectivity index is 2.45. The number of nitrogens with zero attached hydrogens (tertiary/aromatic N) is 1. The van der Waals surface area contributed by atoms with Gasteiger partial charge in [0.1, 0.15) is 28.9 Å². The minimum atomic E-state index is -1.18. The minimum Gasteiger partial charge on any atom is -0.488 e. The van der Waals surface area contributed by atoms with Crippen molar-refractivity contribution in [3.8, 4) is 5.75 Å². The van der Waals surface area contributed by atoms with Crippen molar-refractivity contribution in [2.24, 2.45) is 0 Å². The molecule has 5 heteroatoms. The van der Waals surface area contributed by atoms with E-state index in [4.69, 9.17) is 4.74 Å². The third kappa shape index (κ3) is 2.20. The van der Waals surface area contributed by atoms with Gasteiger partial charge in [-0.2, -0.15) is 0 Å². The predicted octanol–water partition coefficient (Wildman–Crippen LogP) is 0.930. The summed E-state index contributed by atoms with van der Waals surface area (Å²) in [4.78, 5) is 0. The van der Waals surface area contributed by atoms with Crippen LogP contribution in [0.1, 0.15) is 6.92 Å². The highest BCUT2D eigenvalue weighted by Crippen LogP contribution is 2.33. The van der Waals surface area contributed by atoms with Crippen LogP contribution >= 0.6 is 0 Å². The molecule has 0 aromatic heterocycles. The molecule has 0 aliphatic carbocycles. The fourth-order valence-corrected chi connectivity index (χ4v) is 2.58. The van der Waals surface area contributed by atoms with E-state index in [0.717, 1.165) is 5.69 Å². The molecular formula is C11H15NO3S. The molecule has 0 fully saturated rings. The molecule has 2 unspecified atom stereocenters. The Hall–Kier alpha value is -1.07. The zero-order valence-electron chi connectivity index (χ0n) is 9.34. The number of aliphatic hydroxyl groups is 1. The highest BCUT2D eigenvalue weighted by Gasteiger charge is 2.31. The first kappa shape index (κ1) is 11.4. The van der Waals surface area contributed by atoms with Crippen molar-refractivity contribution in [2.75, 3.05) is 23.7 Å². The Kier molecular flexibility index (Phi) is 2.90. The molecule has 0 radical (unpaired) electrons. The van der Waals surface area contributed by atoms with Crippen LogP contribution in [-0.4, -0.2) is 34.3 Å². The van der Waals surface area contributed by atoms with Gasteiger partial charge in [0.15, 0.2) is 0 Å². The van der Waals surface area contributed by atoms with Crippen LogP contribution in [0.25, 0.3) is 0 Å². The van der Waals surface area contributed by atoms with Crippen LogP contribution in [0.15, 0.2) is 24.3 Å². The quantitative estimate of drug-likeness (QED) is 0.795. The van der Waals surface area contributed by atoms with E-state index in [2.05, 4.69) is 0 Å². The van der Waals surface area contributed by atoms with Gasteiger partial charge in [0, 0.05) is 6.26 Å². The molecule has 2 rings (SSSR count). The van der Waals surface area contributed by atoms with Crippen LogP contribution in [0.4, 0.5) is 5.69 Å². The highest BCUT2D eigenvalue weighted by molar-refractivity contribution is 7.85. The third-order valence-corrected chi connectivity index (χ3v) is 3.41. The largest absolute Gasteiger partial charge is 0.488 e. The van der Waals surface area contributed by atoms with Crippen molar-refractivity contribution < 1.29 is 14.1 Å². The van der Waals surface area contributed by atoms with Crippen LogP contribution in [0, 0.1) is 0 Å². The lowest BCUT2D eigenvalue weighted by atomic mass is 10.1. The Bertz CT molecular complexity index is 419. The van der Waals surface area contributed by atoms with Crippen molar-refractivity contribution in [3.63, 3.8) is 0 Å². The lowest BCUT2D eigenvalue weighted by molar-refractivity contribution is 0.0251. The maximum absolute atomic E-state index is 11.7. The number of para-hydroxylation sites is 2. The molecule has 4 nitrogen and oxygen atoms in total. The SMILES string of the molecule is CS(=O)N1CC(C)(O)COc2ccccc21. The lowest BCUT2D eigenvalue weighted by Crippen LogP contribution is -2.43. The van der Waals surface area contributed by atoms with E-state index in [1.807, 2.05) is 24.3 Å². The number of fused-ring (bicyclic) bond motifs is 1. The Morgan fingerprint density at radius 2 is 2.19 bits per heavy atom. The fourth-order valence-electron chi connectivity index (χ4n) is 1.69. The van der Waals surface area contributed by atoms with Gasteiger partial charge in [0.05, 0.1) is 12.2 Å². The molecule has 1 N–H and O–H groups in total. The molecule has 0 bridgehead atoms. The summed E-state index contributed by atoms with van der Waals surface area (Å²) in [6.07, 6.45) is 1.60. The zero-order valence-corrected chi connectivity index (χ0v) is 10.2. The van der Waals surface area contributed by atoms with Crippen LogP contribution in [0.3, 0.4) is 0 Å². The highest BCUT2D eigenvalue weighted by atomic mass is 32.2. The summed E-state index contributed by atoms with van der Waals surface area (Å²) in [7, 11) is -1.18. The smallest absolute Gasteiger partial charge is 0.143 e. The fraction of sp³-hybridized carbons (Fsp3) is 0.455. The maximum Gasteiger partial charge on any atom is 0.143 e. The van der Waals surface area contributed by atoms with Crippen LogP contribution in [0.5, 0.6) is 5.75 Å². The Morgan fingerprint density at radius 1 is 1.50 bits per heavy atom. The summed E-state index contributed by atoms with van der Waals surface area (Å²) >= 11 is 0. The molecule has 1 aliphatic rings. The number of hydrogen-bond acceptors (Lipinski definition) is 3. The molecule has 0 spiro atoms. The van der Waals surface area contributed by atoms with Crippen LogP contribution in [0.2, 0.25) is 0 Å². The van der Waals surface area contributed by atoms with E-state index in [-0.39, 0.29) is 6.61 Å². The first-order valence-electron chi connectivity index (χ1n) is 5.05. The van der Waals surface area contributed by atoms with Crippen LogP contribution in [-0.2, 0) is 11.0 Å². The van der Waals surface area contributed by atoms with Gasteiger partial charge in [-0.05, 0) is 19.1 Å². The molecule has 1 aliphatic heterocycles. The predicted molar refractivity (Wildman–Crippen MR) is 64.0 cm³/mol. The average Bonchev–Trinajstić information content (AvgIpc) is 2.36. The van der Waals surface area contributed by atoms with Crippen molar-refractivity contribution in [2.45, 2.75) is 12.5 Å². The molecule has 2 atom stereocenters. The summed E-state index contributed by atoms with van der Waals surface area (Å²) in [6, 6.07) is 7.38. The summed E-state index contributed by atoms with van der Waals surface area (Å²) in [5.74, 6) is 0.662. The van der Waals surface area contributed by atoms with Crippen LogP contribution < -0.4 is 9.04 Å². The maximum atomic E-state index is 11.7. The number of anilines is 1. The van der Waals surface area contributed by atoms with E-state index < -0.39 is 16.6 Å². The summed E-state index contributed by atoms with van der Waals surface area (Å²) in [5, 5.41) is 10.0. The molecule has 0 amide bonds. The van der Waals surface area contributed by atoms with Gasteiger partial charge in [-0.1, -0.05) is 12.1 Å². The number of benzene rings is 1. The van der Waals surface area contributed by atoms with Crippen molar-refractivity contribution in [3.05, 3.63) is 24.3 Å². The van der Waals surface area contributed by atoms with Gasteiger partial charge in [-0.3, -0.25) is 4.31 Å². The second-order valence-electron chi connectivity index (χ2n) is 4.21. The van der Waals surface area contributed by atoms with Gasteiger partial charge in [-0.25, -0.2) is 4.21 Å². The van der Waals surface area contributed by atoms with Gasteiger partial charge in [0.25, 0.3) is 0 Å². The second kappa shape index (κ2) is 4.07. The van der Waals surface area contributed by atoms with E-state index in [1.165, 1.54) is 0 Å². The monoisotopic (exact) mass is 241 g/mol. The normalized spacial score (nSPS) is 26.6. The molecule has 1 heterocycles. The molecule has 0 saturated heterocycles. The molecule has 1 aromatic carbocycles. The van der Waals surface area contributed by atoms with Gasteiger partial charge >= 0.3 is 0 Å². The van der Waals surface area contributed by atoms with E-state index in [1.54, 1.807) is 17.5 Å². The first-order valence-corrected chi connectivity index (χ1v) is 6.56. The zero-order chi connectivity index (χ0) is 11.8. The summed E-state index contributed by atoms with van der Waals surface area (Å²) in [6.45, 7) is 2.18. The molecular weight excluding hydrogens is 226 g/mol. The molecule has 16 heavy (non-hydrogen) atoms. The number of rotatable bonds is 1. The standard InChI is InChI=1S/C11H15NO3S/c1-11(13)7-12(16(2)14)9-5-3-4-6-10(9)15-8-11/h3-6,13H,7-8H2,1-2H3. The van der Waals surface area contributed by atoms with Gasteiger partial charge in [0.2, 0.25) is 0 Å². The molecule has 1 aromatic rings. The molecule has 88 valence electrons. The van der Waals surface area contributed by atoms with Crippen molar-refractivity contribution in [1.82, 2.24) is 0 Å². The topological polar surface area (TPSA) is 49.8 Å². The Morgan fingerprint density at radius 3 is 2.88 bits per heavy atom. The van der Waals surface area contributed by atoms with E-state index in [9.17, 15) is 9.32 Å². The van der Waals surface area contributed by atoms with Crippen molar-refractivity contribution >= 4 is 16.7 Å². The average molecular weight is 241 g/mol. The molecule has 0 saturated carbocycles. The number of ether oxygens (including phenoxy) is 1. The Labute approximate surface area is 97.4 Å². The number of β-amino-alcohol motifs (C(OH)–C–C–N with tert-alkyl or cyclic N) is 1. The second-order valence-corrected chi connectivity index (χ2v) is 5.50. The van der Waals surface area contributed by atoms with Crippen molar-refractivity contribution in [1.29, 1.82) is 0 Å². The minimum absolute atomic E-state index is 0.206. The number of hydrogen-bond donors (Lipinski definition) is 1. The van der Waals surface area contributed by atoms with Gasteiger partial charge in [-0.15, -0.1) is 0 Å². The summed E-state index contributed by atoms with van der Waals surface area (Å²) in [5.41, 5.74) is -0.230. The van der Waals surface area contributed by atoms with Gasteiger partial charge < -0.3 is 9.84 Å². The first-order chi connectivity index (χ1) is 7.49. The third-order valence-electron chi connectivity index (χ3n) is 2.47. The van der Waals surface area contributed by atoms with E-state index >= 15 is 0 Å². The summed E-state index contributed by atoms with van der Waals surface area (Å²) < 4.78 is 18.8. The lowest BCUT2D eigenvalue weighted by Gasteiger charge is -2.26.